The Labute approximate surface area is 103 Å². The van der Waals surface area contributed by atoms with Gasteiger partial charge in [0.2, 0.25) is 5.91 Å². The van der Waals surface area contributed by atoms with Crippen LogP contribution >= 0.6 is 0 Å². The van der Waals surface area contributed by atoms with Crippen molar-refractivity contribution in [3.63, 3.8) is 0 Å². The zero-order valence-electron chi connectivity index (χ0n) is 10.7. The highest BCUT2D eigenvalue weighted by molar-refractivity contribution is 5.79. The van der Waals surface area contributed by atoms with Crippen molar-refractivity contribution in [3.05, 3.63) is 0 Å². The van der Waals surface area contributed by atoms with Gasteiger partial charge >= 0.3 is 0 Å². The van der Waals surface area contributed by atoms with E-state index in [2.05, 4.69) is 6.92 Å². The fraction of sp³-hybridized carbons (Fsp3) is 0.923. The molecule has 2 fully saturated rings. The molecule has 4 heteroatoms. The van der Waals surface area contributed by atoms with Gasteiger partial charge in [-0.3, -0.25) is 4.79 Å². The van der Waals surface area contributed by atoms with Crippen molar-refractivity contribution in [2.24, 2.45) is 17.6 Å². The van der Waals surface area contributed by atoms with Crippen LogP contribution in [-0.2, 0) is 9.53 Å². The van der Waals surface area contributed by atoms with Crippen LogP contribution in [0.1, 0.15) is 32.6 Å². The van der Waals surface area contributed by atoms with Gasteiger partial charge in [-0.1, -0.05) is 0 Å². The maximum Gasteiger partial charge on any atom is 0.225 e. The molecule has 1 unspecified atom stereocenters. The van der Waals surface area contributed by atoms with Crippen molar-refractivity contribution in [3.8, 4) is 0 Å². The molecule has 1 atom stereocenters. The molecule has 2 aliphatic rings. The Hall–Kier alpha value is -0.610. The van der Waals surface area contributed by atoms with Gasteiger partial charge in [0.05, 0.1) is 0 Å². The SMILES string of the molecule is CC(N)C1CCN(C(=O)C2CCOCC2)CC1. The molecule has 2 heterocycles. The number of rotatable bonds is 2. The van der Waals surface area contributed by atoms with Gasteiger partial charge in [-0.15, -0.1) is 0 Å². The van der Waals surface area contributed by atoms with E-state index in [4.69, 9.17) is 10.5 Å². The summed E-state index contributed by atoms with van der Waals surface area (Å²) >= 11 is 0. The summed E-state index contributed by atoms with van der Waals surface area (Å²) in [7, 11) is 0. The first-order chi connectivity index (χ1) is 8.18. The number of piperidine rings is 1. The molecule has 98 valence electrons. The topological polar surface area (TPSA) is 55.6 Å². The maximum absolute atomic E-state index is 12.3. The van der Waals surface area contributed by atoms with Gasteiger partial charge in [-0.05, 0) is 38.5 Å². The van der Waals surface area contributed by atoms with E-state index in [0.717, 1.165) is 52.0 Å². The fourth-order valence-corrected chi connectivity index (χ4v) is 2.85. The summed E-state index contributed by atoms with van der Waals surface area (Å²) in [5, 5.41) is 0. The predicted molar refractivity (Wildman–Crippen MR) is 66.5 cm³/mol. The summed E-state index contributed by atoms with van der Waals surface area (Å²) in [6.45, 7) is 5.34. The van der Waals surface area contributed by atoms with Crippen LogP contribution in [0.2, 0.25) is 0 Å². The third-order valence-electron chi connectivity index (χ3n) is 4.17. The van der Waals surface area contributed by atoms with Crippen molar-refractivity contribution in [2.75, 3.05) is 26.3 Å². The van der Waals surface area contributed by atoms with Crippen LogP contribution in [0.25, 0.3) is 0 Å². The van der Waals surface area contributed by atoms with E-state index < -0.39 is 0 Å². The first-order valence-electron chi connectivity index (χ1n) is 6.80. The molecule has 4 nitrogen and oxygen atoms in total. The Kier molecular flexibility index (Phi) is 4.40. The number of nitrogens with zero attached hydrogens (tertiary/aromatic N) is 1. The molecule has 2 saturated heterocycles. The number of likely N-dealkylation sites (tertiary alicyclic amines) is 1. The predicted octanol–water partition coefficient (Wildman–Crippen LogP) is 0.999. The summed E-state index contributed by atoms with van der Waals surface area (Å²) < 4.78 is 5.30. The van der Waals surface area contributed by atoms with E-state index >= 15 is 0 Å². The minimum Gasteiger partial charge on any atom is -0.381 e. The van der Waals surface area contributed by atoms with E-state index in [0.29, 0.717) is 11.8 Å². The van der Waals surface area contributed by atoms with Gasteiger partial charge < -0.3 is 15.4 Å². The van der Waals surface area contributed by atoms with E-state index in [-0.39, 0.29) is 12.0 Å². The highest BCUT2D eigenvalue weighted by atomic mass is 16.5. The molecule has 0 bridgehead atoms. The third-order valence-corrected chi connectivity index (χ3v) is 4.17. The smallest absolute Gasteiger partial charge is 0.225 e. The number of carbonyl (C=O) groups excluding carboxylic acids is 1. The minimum absolute atomic E-state index is 0.204. The second kappa shape index (κ2) is 5.83. The molecule has 2 aliphatic heterocycles. The quantitative estimate of drug-likeness (QED) is 0.783. The number of hydrogen-bond donors (Lipinski definition) is 1. The number of hydrogen-bond acceptors (Lipinski definition) is 3. The van der Waals surface area contributed by atoms with Gasteiger partial charge in [0, 0.05) is 38.3 Å². The molecule has 2 rings (SSSR count). The van der Waals surface area contributed by atoms with Gasteiger partial charge in [-0.2, -0.15) is 0 Å². The molecule has 2 N–H and O–H groups in total. The number of ether oxygens (including phenoxy) is 1. The first kappa shape index (κ1) is 12.8. The lowest BCUT2D eigenvalue weighted by atomic mass is 9.89. The number of carbonyl (C=O) groups is 1. The molecule has 0 aromatic carbocycles. The van der Waals surface area contributed by atoms with Crippen molar-refractivity contribution in [2.45, 2.75) is 38.6 Å². The molecule has 1 amide bonds. The molecule has 0 saturated carbocycles. The molecule has 0 radical (unpaired) electrons. The molecule has 0 aromatic rings. The number of nitrogens with two attached hydrogens (primary N) is 1. The van der Waals surface area contributed by atoms with Crippen LogP contribution in [0.15, 0.2) is 0 Å². The molecular formula is C13H24N2O2. The molecule has 0 aromatic heterocycles. The Morgan fingerprint density at radius 1 is 1.24 bits per heavy atom. The van der Waals surface area contributed by atoms with Crippen LogP contribution in [-0.4, -0.2) is 43.2 Å². The van der Waals surface area contributed by atoms with Crippen molar-refractivity contribution < 1.29 is 9.53 Å². The van der Waals surface area contributed by atoms with Crippen molar-refractivity contribution >= 4 is 5.91 Å². The molecular weight excluding hydrogens is 216 g/mol. The van der Waals surface area contributed by atoms with Crippen LogP contribution in [0.3, 0.4) is 0 Å². The highest BCUT2D eigenvalue weighted by Crippen LogP contribution is 2.23. The van der Waals surface area contributed by atoms with Gasteiger partial charge in [-0.25, -0.2) is 0 Å². The fourth-order valence-electron chi connectivity index (χ4n) is 2.85. The van der Waals surface area contributed by atoms with Gasteiger partial charge in [0.25, 0.3) is 0 Å². The Bertz CT molecular complexity index is 254. The van der Waals surface area contributed by atoms with Crippen LogP contribution in [0.4, 0.5) is 0 Å². The normalized spacial score (nSPS) is 25.9. The lowest BCUT2D eigenvalue weighted by molar-refractivity contribution is -0.140. The third kappa shape index (κ3) is 3.19. The minimum atomic E-state index is 0.204. The lowest BCUT2D eigenvalue weighted by Crippen LogP contribution is -2.45. The zero-order valence-corrected chi connectivity index (χ0v) is 10.7. The van der Waals surface area contributed by atoms with Crippen molar-refractivity contribution in [1.29, 1.82) is 0 Å². The summed E-state index contributed by atoms with van der Waals surface area (Å²) in [4.78, 5) is 14.3. The Morgan fingerprint density at radius 3 is 2.35 bits per heavy atom. The summed E-state index contributed by atoms with van der Waals surface area (Å²) in [6, 6.07) is 0.260. The second-order valence-electron chi connectivity index (χ2n) is 5.41. The molecule has 0 aliphatic carbocycles. The zero-order chi connectivity index (χ0) is 12.3. The van der Waals surface area contributed by atoms with Gasteiger partial charge in [0.15, 0.2) is 0 Å². The maximum atomic E-state index is 12.3. The first-order valence-corrected chi connectivity index (χ1v) is 6.80. The van der Waals surface area contributed by atoms with Gasteiger partial charge in [0.1, 0.15) is 0 Å². The standard InChI is InChI=1S/C13H24N2O2/c1-10(14)11-2-6-15(7-3-11)13(16)12-4-8-17-9-5-12/h10-12H,2-9,14H2,1H3. The molecule has 17 heavy (non-hydrogen) atoms. The van der Waals surface area contributed by atoms with E-state index in [1.165, 1.54) is 0 Å². The van der Waals surface area contributed by atoms with E-state index in [1.807, 2.05) is 4.90 Å². The average molecular weight is 240 g/mol. The van der Waals surface area contributed by atoms with Crippen LogP contribution in [0.5, 0.6) is 0 Å². The highest BCUT2D eigenvalue weighted by Gasteiger charge is 2.30. The largest absolute Gasteiger partial charge is 0.381 e. The second-order valence-corrected chi connectivity index (χ2v) is 5.41. The van der Waals surface area contributed by atoms with Crippen LogP contribution < -0.4 is 5.73 Å². The monoisotopic (exact) mass is 240 g/mol. The average Bonchev–Trinajstić information content (AvgIpc) is 2.39. The van der Waals surface area contributed by atoms with E-state index in [1.54, 1.807) is 0 Å². The van der Waals surface area contributed by atoms with E-state index in [9.17, 15) is 4.79 Å². The summed E-state index contributed by atoms with van der Waals surface area (Å²) in [5.74, 6) is 1.14. The molecule has 0 spiro atoms. The Morgan fingerprint density at radius 2 is 1.82 bits per heavy atom. The summed E-state index contributed by atoms with van der Waals surface area (Å²) in [6.07, 6.45) is 3.91. The number of amides is 1. The Balaban J connectivity index is 1.81. The van der Waals surface area contributed by atoms with Crippen molar-refractivity contribution in [1.82, 2.24) is 4.90 Å². The lowest BCUT2D eigenvalue weighted by Gasteiger charge is -2.36. The van der Waals surface area contributed by atoms with Crippen LogP contribution in [0, 0.1) is 11.8 Å². The summed E-state index contributed by atoms with van der Waals surface area (Å²) in [5.41, 5.74) is 5.91.